The Morgan fingerprint density at radius 3 is 2.75 bits per heavy atom. The van der Waals surface area contributed by atoms with Crippen LogP contribution >= 0.6 is 0 Å². The molecule has 0 spiro atoms. The first kappa shape index (κ1) is 18.1. The highest BCUT2D eigenvalue weighted by atomic mass is 19.3. The van der Waals surface area contributed by atoms with Crippen LogP contribution in [0, 0.1) is 11.3 Å². The van der Waals surface area contributed by atoms with Gasteiger partial charge in [0.05, 0.1) is 29.0 Å². The Balaban J connectivity index is 1.60. The molecule has 28 heavy (non-hydrogen) atoms. The number of benzene rings is 1. The molecule has 1 aromatic carbocycles. The lowest BCUT2D eigenvalue weighted by atomic mass is 9.90. The van der Waals surface area contributed by atoms with Crippen molar-refractivity contribution in [2.24, 2.45) is 0 Å². The molecule has 0 unspecified atom stereocenters. The Morgan fingerprint density at radius 1 is 1.25 bits per heavy atom. The van der Waals surface area contributed by atoms with Gasteiger partial charge in [0.2, 0.25) is 5.95 Å². The van der Waals surface area contributed by atoms with Crippen molar-refractivity contribution in [2.75, 3.05) is 11.1 Å². The molecule has 1 fully saturated rings. The zero-order valence-electron chi connectivity index (χ0n) is 15.0. The number of nitrogens with one attached hydrogen (secondary N) is 1. The summed E-state index contributed by atoms with van der Waals surface area (Å²) in [5, 5.41) is 12.1. The zero-order valence-corrected chi connectivity index (χ0v) is 15.0. The lowest BCUT2D eigenvalue weighted by Gasteiger charge is -2.31. The van der Waals surface area contributed by atoms with Crippen molar-refractivity contribution in [3.63, 3.8) is 0 Å². The third-order valence-corrected chi connectivity index (χ3v) is 5.06. The Hall–Kier alpha value is -3.28. The normalized spacial score (nSPS) is 19.6. The van der Waals surface area contributed by atoms with Gasteiger partial charge >= 0.3 is 0 Å². The highest BCUT2D eigenvalue weighted by Crippen LogP contribution is 2.36. The molecule has 0 bridgehead atoms. The van der Waals surface area contributed by atoms with Crippen LogP contribution in [0.5, 0.6) is 0 Å². The van der Waals surface area contributed by atoms with E-state index in [4.69, 9.17) is 11.0 Å². The summed E-state index contributed by atoms with van der Waals surface area (Å²) < 4.78 is 29.0. The molecule has 4 rings (SSSR count). The van der Waals surface area contributed by atoms with E-state index in [1.807, 2.05) is 6.07 Å². The first-order valence-corrected chi connectivity index (χ1v) is 9.09. The molecule has 3 aromatic rings. The third kappa shape index (κ3) is 3.45. The van der Waals surface area contributed by atoms with Crippen LogP contribution in [0.15, 0.2) is 30.6 Å². The Kier molecular flexibility index (Phi) is 4.77. The number of rotatable bonds is 4. The summed E-state index contributed by atoms with van der Waals surface area (Å²) in [7, 11) is 0. The topological polar surface area (TPSA) is 105 Å². The monoisotopic (exact) mass is 383 g/mol. The molecule has 2 heterocycles. The molecule has 0 saturated heterocycles. The maximum Gasteiger partial charge on any atom is 0.295 e. The predicted octanol–water partition coefficient (Wildman–Crippen LogP) is 3.81. The summed E-state index contributed by atoms with van der Waals surface area (Å²) in [5.74, 6) is 0.211. The van der Waals surface area contributed by atoms with E-state index in [0.29, 0.717) is 34.7 Å². The van der Waals surface area contributed by atoms with E-state index >= 15 is 0 Å². The average Bonchev–Trinajstić information content (AvgIpc) is 3.07. The lowest BCUT2D eigenvalue weighted by molar-refractivity contribution is 0.130. The van der Waals surface area contributed by atoms with Gasteiger partial charge in [-0.05, 0) is 43.9 Å². The number of fused-ring (bicyclic) bond motifs is 1. The maximum absolute atomic E-state index is 13.7. The number of aromatic nitrogens is 4. The second kappa shape index (κ2) is 7.38. The van der Waals surface area contributed by atoms with Crippen LogP contribution in [-0.2, 0) is 0 Å². The van der Waals surface area contributed by atoms with Gasteiger partial charge in [-0.1, -0.05) is 0 Å². The molecule has 0 amide bonds. The van der Waals surface area contributed by atoms with Gasteiger partial charge in [-0.15, -0.1) is 0 Å². The molecule has 3 N–H and O–H groups in total. The van der Waals surface area contributed by atoms with Crippen LogP contribution in [0.3, 0.4) is 0 Å². The van der Waals surface area contributed by atoms with Gasteiger partial charge in [-0.3, -0.25) is 0 Å². The van der Waals surface area contributed by atoms with E-state index in [0.717, 1.165) is 19.3 Å². The summed E-state index contributed by atoms with van der Waals surface area (Å²) in [4.78, 5) is 12.4. The summed E-state index contributed by atoms with van der Waals surface area (Å²) in [6.07, 6.45) is 3.47. The Morgan fingerprint density at radius 2 is 2.04 bits per heavy atom. The molecule has 2 atom stereocenters. The maximum atomic E-state index is 13.7. The molecule has 7 nitrogen and oxygen atoms in total. The summed E-state index contributed by atoms with van der Waals surface area (Å²) in [5.41, 5.74) is 7.83. The minimum atomic E-state index is -2.66. The van der Waals surface area contributed by atoms with E-state index < -0.39 is 6.43 Å². The van der Waals surface area contributed by atoms with Crippen LogP contribution in [0.4, 0.5) is 20.4 Å². The number of imidazole rings is 1. The van der Waals surface area contributed by atoms with Crippen molar-refractivity contribution >= 4 is 22.7 Å². The zero-order chi connectivity index (χ0) is 19.7. The van der Waals surface area contributed by atoms with Crippen molar-refractivity contribution in [2.45, 2.75) is 44.2 Å². The van der Waals surface area contributed by atoms with Crippen LogP contribution in [0.1, 0.15) is 49.5 Å². The summed E-state index contributed by atoms with van der Waals surface area (Å²) >= 11 is 0. The molecule has 2 aromatic heterocycles. The number of nitrogen functional groups attached to an aromatic ring is 1. The highest BCUT2D eigenvalue weighted by molar-refractivity contribution is 5.80. The van der Waals surface area contributed by atoms with Crippen molar-refractivity contribution in [1.82, 2.24) is 19.5 Å². The van der Waals surface area contributed by atoms with Crippen molar-refractivity contribution in [3.05, 3.63) is 42.0 Å². The molecule has 1 saturated carbocycles. The van der Waals surface area contributed by atoms with Gasteiger partial charge in [0.1, 0.15) is 6.07 Å². The van der Waals surface area contributed by atoms with E-state index in [1.54, 1.807) is 22.8 Å². The first-order valence-electron chi connectivity index (χ1n) is 9.09. The number of halogens is 2. The van der Waals surface area contributed by atoms with Gasteiger partial charge in [0.25, 0.3) is 6.43 Å². The highest BCUT2D eigenvalue weighted by Gasteiger charge is 2.29. The van der Waals surface area contributed by atoms with Crippen molar-refractivity contribution in [1.29, 1.82) is 5.26 Å². The standard InChI is InChI=1S/C19H19F2N7/c20-17(21)18-27-15-6-12(23)4-5-16(15)28(18)14-3-1-2-13(7-14)26-19-24-9-11(8-22)10-25-19/h4-6,9-10,13-14,17H,1-3,7,23H2,(H,24,25,26)/t13-,14+/m1/s1. The van der Waals surface area contributed by atoms with Gasteiger partial charge in [0, 0.05) is 17.8 Å². The van der Waals surface area contributed by atoms with Crippen LogP contribution in [0.2, 0.25) is 0 Å². The summed E-state index contributed by atoms with van der Waals surface area (Å²) in [6.45, 7) is 0. The predicted molar refractivity (Wildman–Crippen MR) is 101 cm³/mol. The number of nitriles is 1. The fourth-order valence-corrected chi connectivity index (χ4v) is 3.84. The van der Waals surface area contributed by atoms with E-state index in [-0.39, 0.29) is 17.9 Å². The smallest absolute Gasteiger partial charge is 0.295 e. The Labute approximate surface area is 160 Å². The van der Waals surface area contributed by atoms with Gasteiger partial charge in [-0.25, -0.2) is 23.7 Å². The van der Waals surface area contributed by atoms with Gasteiger partial charge < -0.3 is 15.6 Å². The lowest BCUT2D eigenvalue weighted by Crippen LogP contribution is -2.30. The van der Waals surface area contributed by atoms with E-state index in [2.05, 4.69) is 20.3 Å². The molecular formula is C19H19F2N7. The van der Waals surface area contributed by atoms with Crippen LogP contribution < -0.4 is 11.1 Å². The SMILES string of the molecule is N#Cc1cnc(N[C@@H]2CCC[C@H](n3c(C(F)F)nc4cc(N)ccc43)C2)nc1. The van der Waals surface area contributed by atoms with E-state index in [9.17, 15) is 8.78 Å². The van der Waals surface area contributed by atoms with E-state index in [1.165, 1.54) is 12.4 Å². The molecule has 144 valence electrons. The quantitative estimate of drug-likeness (QED) is 0.664. The molecule has 0 radical (unpaired) electrons. The number of anilines is 2. The molecule has 9 heteroatoms. The molecule has 1 aliphatic carbocycles. The van der Waals surface area contributed by atoms with Crippen molar-refractivity contribution in [3.8, 4) is 6.07 Å². The third-order valence-electron chi connectivity index (χ3n) is 5.06. The van der Waals surface area contributed by atoms with Gasteiger partial charge in [0.15, 0.2) is 5.82 Å². The largest absolute Gasteiger partial charge is 0.399 e. The summed E-state index contributed by atoms with van der Waals surface area (Å²) in [6, 6.07) is 7.00. The average molecular weight is 383 g/mol. The second-order valence-electron chi connectivity index (χ2n) is 6.96. The number of alkyl halides is 2. The van der Waals surface area contributed by atoms with Gasteiger partial charge in [-0.2, -0.15) is 5.26 Å². The minimum absolute atomic E-state index is 0.0449. The first-order chi connectivity index (χ1) is 13.5. The fraction of sp³-hybridized carbons (Fsp3) is 0.368. The minimum Gasteiger partial charge on any atom is -0.399 e. The van der Waals surface area contributed by atoms with Crippen molar-refractivity contribution < 1.29 is 8.78 Å². The Bertz CT molecular complexity index is 1020. The number of nitrogens with two attached hydrogens (primary N) is 1. The molecular weight excluding hydrogens is 364 g/mol. The fourth-order valence-electron chi connectivity index (χ4n) is 3.84. The molecule has 0 aliphatic heterocycles. The van der Waals surface area contributed by atoms with Crippen LogP contribution in [-0.4, -0.2) is 25.6 Å². The number of hydrogen-bond donors (Lipinski definition) is 2. The molecule has 1 aliphatic rings. The second-order valence-corrected chi connectivity index (χ2v) is 6.96. The van der Waals surface area contributed by atoms with Crippen LogP contribution in [0.25, 0.3) is 11.0 Å². The number of hydrogen-bond acceptors (Lipinski definition) is 6. The number of nitrogens with zero attached hydrogens (tertiary/aromatic N) is 5.